The third-order valence-corrected chi connectivity index (χ3v) is 6.21. The number of aryl methyl sites for hydroxylation is 1. The molecule has 1 saturated heterocycles. The van der Waals surface area contributed by atoms with E-state index in [1.807, 2.05) is 31.2 Å². The first-order chi connectivity index (χ1) is 12.8. The third kappa shape index (κ3) is 5.03. The zero-order chi connectivity index (χ0) is 19.6. The molecule has 3 rings (SSSR count). The van der Waals surface area contributed by atoms with Gasteiger partial charge in [0.2, 0.25) is 11.8 Å². The molecule has 1 atom stereocenters. The minimum Gasteiger partial charge on any atom is -0.326 e. The van der Waals surface area contributed by atoms with E-state index in [9.17, 15) is 9.59 Å². The van der Waals surface area contributed by atoms with Crippen molar-refractivity contribution in [1.29, 1.82) is 0 Å². The Kier molecular flexibility index (Phi) is 6.44. The molecule has 0 aromatic heterocycles. The number of thioether (sulfide) groups is 1. The quantitative estimate of drug-likeness (QED) is 0.595. The average molecular weight is 514 g/mol. The van der Waals surface area contributed by atoms with Gasteiger partial charge in [0, 0.05) is 27.7 Å². The van der Waals surface area contributed by atoms with E-state index in [-0.39, 0.29) is 18.2 Å². The smallest absolute Gasteiger partial charge is 0.242 e. The first-order valence-electron chi connectivity index (χ1n) is 8.18. The lowest BCUT2D eigenvalue weighted by Crippen LogP contribution is -2.30. The van der Waals surface area contributed by atoms with Gasteiger partial charge in [-0.1, -0.05) is 23.4 Å². The van der Waals surface area contributed by atoms with Gasteiger partial charge in [0.1, 0.15) is 5.25 Å². The Labute approximate surface area is 180 Å². The van der Waals surface area contributed by atoms with Crippen molar-refractivity contribution in [2.45, 2.75) is 18.6 Å². The van der Waals surface area contributed by atoms with Gasteiger partial charge in [0.25, 0.3) is 0 Å². The lowest BCUT2D eigenvalue weighted by atomic mass is 10.2. The van der Waals surface area contributed by atoms with Crippen molar-refractivity contribution in [1.82, 2.24) is 4.90 Å². The molecule has 1 N–H and O–H groups in total. The highest BCUT2D eigenvalue weighted by molar-refractivity contribution is 14.1. The van der Waals surface area contributed by atoms with E-state index in [0.29, 0.717) is 15.9 Å². The normalized spacial score (nSPS) is 18.2. The van der Waals surface area contributed by atoms with Crippen LogP contribution in [0.4, 0.5) is 11.4 Å². The summed E-state index contributed by atoms with van der Waals surface area (Å²) in [5.74, 6) is -0.331. The van der Waals surface area contributed by atoms with Crippen molar-refractivity contribution in [2.24, 2.45) is 4.99 Å². The molecular weight excluding hydrogens is 497 g/mol. The van der Waals surface area contributed by atoms with Gasteiger partial charge in [0.05, 0.1) is 5.69 Å². The molecule has 27 heavy (non-hydrogen) atoms. The number of amidine groups is 1. The molecule has 0 saturated carbocycles. The Balaban J connectivity index is 1.67. The molecule has 1 aliphatic rings. The highest BCUT2D eigenvalue weighted by Gasteiger charge is 2.37. The van der Waals surface area contributed by atoms with Crippen LogP contribution in [0.15, 0.2) is 47.5 Å². The van der Waals surface area contributed by atoms with Crippen LogP contribution in [-0.2, 0) is 9.59 Å². The number of nitrogens with zero attached hydrogens (tertiary/aromatic N) is 2. The Morgan fingerprint density at radius 1 is 1.30 bits per heavy atom. The monoisotopic (exact) mass is 513 g/mol. The van der Waals surface area contributed by atoms with Crippen LogP contribution >= 0.6 is 46.0 Å². The molecule has 5 nitrogen and oxygen atoms in total. The number of rotatable bonds is 4. The number of nitrogens with one attached hydrogen (secondary N) is 1. The van der Waals surface area contributed by atoms with E-state index < -0.39 is 5.25 Å². The van der Waals surface area contributed by atoms with Crippen LogP contribution in [0.5, 0.6) is 0 Å². The largest absolute Gasteiger partial charge is 0.326 e. The highest BCUT2D eigenvalue weighted by Crippen LogP contribution is 2.31. The summed E-state index contributed by atoms with van der Waals surface area (Å²) >= 11 is 9.48. The summed E-state index contributed by atoms with van der Waals surface area (Å²) in [7, 11) is 1.68. The Hall–Kier alpha value is -1.58. The van der Waals surface area contributed by atoms with Crippen molar-refractivity contribution in [3.05, 3.63) is 56.6 Å². The van der Waals surface area contributed by atoms with Crippen molar-refractivity contribution >= 4 is 74.3 Å². The molecular formula is C19H17ClIN3O2S. The molecule has 0 unspecified atom stereocenters. The minimum atomic E-state index is -0.481. The molecule has 140 valence electrons. The first kappa shape index (κ1) is 20.2. The van der Waals surface area contributed by atoms with Crippen LogP contribution < -0.4 is 5.32 Å². The highest BCUT2D eigenvalue weighted by atomic mass is 127. The predicted octanol–water partition coefficient (Wildman–Crippen LogP) is 4.84. The maximum atomic E-state index is 12.5. The van der Waals surface area contributed by atoms with Gasteiger partial charge in [-0.15, -0.1) is 0 Å². The summed E-state index contributed by atoms with van der Waals surface area (Å²) in [6.07, 6.45) is 0.0849. The second-order valence-electron chi connectivity index (χ2n) is 6.09. The molecule has 0 aliphatic carbocycles. The summed E-state index contributed by atoms with van der Waals surface area (Å²) in [6.45, 7) is 1.87. The molecule has 8 heteroatoms. The van der Waals surface area contributed by atoms with Crippen LogP contribution in [0.25, 0.3) is 0 Å². The standard InChI is InChI=1S/C19H17ClIN3O2S/c1-11-9-12(20)3-8-15(11)23-17(25)10-16-18(26)24(2)19(27-16)22-14-6-4-13(21)5-7-14/h3-9,16H,10H2,1-2H3,(H,23,25)/t16-/m1/s1. The van der Waals surface area contributed by atoms with Crippen molar-refractivity contribution in [3.63, 3.8) is 0 Å². The van der Waals surface area contributed by atoms with E-state index >= 15 is 0 Å². The Morgan fingerprint density at radius 2 is 2.00 bits per heavy atom. The first-order valence-corrected chi connectivity index (χ1v) is 10.5. The van der Waals surface area contributed by atoms with Crippen molar-refractivity contribution < 1.29 is 9.59 Å². The van der Waals surface area contributed by atoms with Crippen LogP contribution in [0.2, 0.25) is 5.02 Å². The van der Waals surface area contributed by atoms with Gasteiger partial charge in [0.15, 0.2) is 5.17 Å². The van der Waals surface area contributed by atoms with E-state index in [2.05, 4.69) is 32.9 Å². The number of amides is 2. The number of halogens is 2. The molecule has 2 amide bonds. The number of benzene rings is 2. The second-order valence-corrected chi connectivity index (χ2v) is 8.94. The van der Waals surface area contributed by atoms with E-state index in [0.717, 1.165) is 14.8 Å². The zero-order valence-electron chi connectivity index (χ0n) is 14.7. The SMILES string of the molecule is Cc1cc(Cl)ccc1NC(=O)C[C@H]1SC(=Nc2ccc(I)cc2)N(C)C1=O. The Bertz CT molecular complexity index is 918. The molecule has 1 aliphatic heterocycles. The fraction of sp³-hybridized carbons (Fsp3) is 0.211. The average Bonchev–Trinajstić information content (AvgIpc) is 2.87. The maximum Gasteiger partial charge on any atom is 0.242 e. The fourth-order valence-corrected chi connectivity index (χ4v) is 4.30. The molecule has 2 aromatic rings. The summed E-state index contributed by atoms with van der Waals surface area (Å²) in [4.78, 5) is 30.9. The second kappa shape index (κ2) is 8.62. The van der Waals surface area contributed by atoms with Gasteiger partial charge >= 0.3 is 0 Å². The maximum absolute atomic E-state index is 12.5. The lowest BCUT2D eigenvalue weighted by Gasteiger charge is -2.11. The number of carbonyl (C=O) groups is 2. The van der Waals surface area contributed by atoms with E-state index in [4.69, 9.17) is 11.6 Å². The topological polar surface area (TPSA) is 61.8 Å². The van der Waals surface area contributed by atoms with Gasteiger partial charge in [-0.25, -0.2) is 4.99 Å². The zero-order valence-corrected chi connectivity index (χ0v) is 18.4. The number of hydrogen-bond acceptors (Lipinski definition) is 4. The summed E-state index contributed by atoms with van der Waals surface area (Å²) in [5.41, 5.74) is 2.35. The van der Waals surface area contributed by atoms with Gasteiger partial charge in [-0.2, -0.15) is 0 Å². The minimum absolute atomic E-state index is 0.0849. The third-order valence-electron chi connectivity index (χ3n) is 4.03. The number of hydrogen-bond donors (Lipinski definition) is 1. The number of anilines is 1. The summed E-state index contributed by atoms with van der Waals surface area (Å²) in [5, 5.41) is 3.58. The predicted molar refractivity (Wildman–Crippen MR) is 120 cm³/mol. The van der Waals surface area contributed by atoms with Gasteiger partial charge in [-0.3, -0.25) is 14.5 Å². The summed E-state index contributed by atoms with van der Waals surface area (Å²) in [6, 6.07) is 13.0. The van der Waals surface area contributed by atoms with Crippen LogP contribution in [0, 0.1) is 10.5 Å². The molecule has 1 heterocycles. The molecule has 0 radical (unpaired) electrons. The summed E-state index contributed by atoms with van der Waals surface area (Å²) < 4.78 is 1.12. The van der Waals surface area contributed by atoms with Crippen molar-refractivity contribution in [2.75, 3.05) is 12.4 Å². The molecule has 2 aromatic carbocycles. The van der Waals surface area contributed by atoms with Gasteiger partial charge in [-0.05, 0) is 77.5 Å². The van der Waals surface area contributed by atoms with Crippen LogP contribution in [-0.4, -0.2) is 34.2 Å². The molecule has 0 spiro atoms. The lowest BCUT2D eigenvalue weighted by molar-refractivity contribution is -0.127. The van der Waals surface area contributed by atoms with Crippen LogP contribution in [0.1, 0.15) is 12.0 Å². The van der Waals surface area contributed by atoms with E-state index in [1.165, 1.54) is 16.7 Å². The molecule has 1 fully saturated rings. The fourth-order valence-electron chi connectivity index (χ4n) is 2.56. The van der Waals surface area contributed by atoms with Crippen LogP contribution in [0.3, 0.4) is 0 Å². The Morgan fingerprint density at radius 3 is 2.67 bits per heavy atom. The van der Waals surface area contributed by atoms with Gasteiger partial charge < -0.3 is 5.32 Å². The van der Waals surface area contributed by atoms with E-state index in [1.54, 1.807) is 25.2 Å². The number of aliphatic imine (C=N–C) groups is 1. The van der Waals surface area contributed by atoms with Crippen molar-refractivity contribution in [3.8, 4) is 0 Å². The number of carbonyl (C=O) groups excluding carboxylic acids is 2. The molecule has 0 bridgehead atoms.